The van der Waals surface area contributed by atoms with E-state index >= 15 is 0 Å². The zero-order valence-corrected chi connectivity index (χ0v) is 6.20. The molecule has 10 heavy (non-hydrogen) atoms. The highest BCUT2D eigenvalue weighted by Gasteiger charge is 1.95. The number of aliphatic hydroxyl groups excluding tert-OH is 1. The number of methoxy groups -OCH3 is 1. The predicted octanol–water partition coefficient (Wildman–Crippen LogP) is 0.486. The second-order valence-electron chi connectivity index (χ2n) is 1.86. The molecular formula is C7H12O3. The minimum absolute atomic E-state index is 0.438. The van der Waals surface area contributed by atoms with Gasteiger partial charge in [-0.2, -0.15) is 0 Å². The molecule has 0 aliphatic rings. The summed E-state index contributed by atoms with van der Waals surface area (Å²) in [4.78, 5) is 10.4. The van der Waals surface area contributed by atoms with Gasteiger partial charge in [0, 0.05) is 6.08 Å². The summed E-state index contributed by atoms with van der Waals surface area (Å²) >= 11 is 0. The molecule has 0 saturated heterocycles. The third kappa shape index (κ3) is 4.09. The van der Waals surface area contributed by atoms with E-state index in [0.717, 1.165) is 0 Å². The van der Waals surface area contributed by atoms with Crippen LogP contribution in [0.4, 0.5) is 0 Å². The van der Waals surface area contributed by atoms with E-state index in [1.54, 1.807) is 0 Å². The van der Waals surface area contributed by atoms with Crippen LogP contribution in [-0.2, 0) is 9.53 Å². The fourth-order valence-electron chi connectivity index (χ4n) is 0.394. The molecule has 1 N–H and O–H groups in total. The standard InChI is InChI=1S/C7H12O3/c1-3-6(8)4-5-7(9)10-2/h4-6,8H,3H2,1-2H3. The SMILES string of the molecule is CCC(O)C=CC(=O)OC. The minimum atomic E-state index is -0.543. The first-order chi connectivity index (χ1) is 4.70. The van der Waals surface area contributed by atoms with Crippen LogP contribution in [0.1, 0.15) is 13.3 Å². The van der Waals surface area contributed by atoms with Gasteiger partial charge >= 0.3 is 5.97 Å². The van der Waals surface area contributed by atoms with Crippen LogP contribution < -0.4 is 0 Å². The lowest BCUT2D eigenvalue weighted by Gasteiger charge is -1.97. The van der Waals surface area contributed by atoms with Gasteiger partial charge in [-0.1, -0.05) is 6.92 Å². The Morgan fingerprint density at radius 3 is 2.80 bits per heavy atom. The van der Waals surface area contributed by atoms with Crippen LogP contribution in [0, 0.1) is 0 Å². The smallest absolute Gasteiger partial charge is 0.330 e. The molecule has 0 bridgehead atoms. The van der Waals surface area contributed by atoms with Crippen LogP contribution in [-0.4, -0.2) is 24.3 Å². The lowest BCUT2D eigenvalue weighted by Crippen LogP contribution is -2.01. The summed E-state index contributed by atoms with van der Waals surface area (Å²) in [5.41, 5.74) is 0. The van der Waals surface area contributed by atoms with Crippen molar-refractivity contribution >= 4 is 5.97 Å². The van der Waals surface area contributed by atoms with Crippen LogP contribution in [0.2, 0.25) is 0 Å². The van der Waals surface area contributed by atoms with Gasteiger partial charge in [0.2, 0.25) is 0 Å². The molecule has 0 aliphatic carbocycles. The minimum Gasteiger partial charge on any atom is -0.466 e. The molecule has 1 atom stereocenters. The largest absolute Gasteiger partial charge is 0.466 e. The highest BCUT2D eigenvalue weighted by Crippen LogP contribution is 1.91. The Hall–Kier alpha value is -0.830. The van der Waals surface area contributed by atoms with Gasteiger partial charge < -0.3 is 9.84 Å². The van der Waals surface area contributed by atoms with E-state index in [2.05, 4.69) is 4.74 Å². The molecule has 0 radical (unpaired) electrons. The van der Waals surface area contributed by atoms with Crippen LogP contribution >= 0.6 is 0 Å². The molecule has 0 rings (SSSR count). The zero-order valence-electron chi connectivity index (χ0n) is 6.20. The molecule has 0 fully saturated rings. The number of hydrogen-bond donors (Lipinski definition) is 1. The molecule has 0 saturated carbocycles. The molecule has 0 spiro atoms. The molecule has 3 nitrogen and oxygen atoms in total. The van der Waals surface area contributed by atoms with Crippen molar-refractivity contribution in [1.29, 1.82) is 0 Å². The lowest BCUT2D eigenvalue weighted by molar-refractivity contribution is -0.134. The maximum Gasteiger partial charge on any atom is 0.330 e. The fraction of sp³-hybridized carbons (Fsp3) is 0.571. The third-order valence-electron chi connectivity index (χ3n) is 1.07. The summed E-state index contributed by atoms with van der Waals surface area (Å²) in [5, 5.41) is 8.91. The number of carbonyl (C=O) groups excluding carboxylic acids is 1. The van der Waals surface area contributed by atoms with Crippen molar-refractivity contribution in [3.63, 3.8) is 0 Å². The maximum absolute atomic E-state index is 10.4. The van der Waals surface area contributed by atoms with Gasteiger partial charge in [-0.25, -0.2) is 4.79 Å². The summed E-state index contributed by atoms with van der Waals surface area (Å²) in [7, 11) is 1.30. The lowest BCUT2D eigenvalue weighted by atomic mass is 10.2. The van der Waals surface area contributed by atoms with Crippen LogP contribution in [0.3, 0.4) is 0 Å². The van der Waals surface area contributed by atoms with Crippen molar-refractivity contribution in [3.05, 3.63) is 12.2 Å². The van der Waals surface area contributed by atoms with Gasteiger partial charge in [-0.3, -0.25) is 0 Å². The Bertz CT molecular complexity index is 129. The topological polar surface area (TPSA) is 46.5 Å². The van der Waals surface area contributed by atoms with E-state index in [1.807, 2.05) is 6.92 Å². The number of carbonyl (C=O) groups is 1. The van der Waals surface area contributed by atoms with Crippen LogP contribution in [0.25, 0.3) is 0 Å². The van der Waals surface area contributed by atoms with Gasteiger partial charge in [0.1, 0.15) is 0 Å². The van der Waals surface area contributed by atoms with E-state index < -0.39 is 12.1 Å². The maximum atomic E-state index is 10.4. The van der Waals surface area contributed by atoms with Gasteiger partial charge in [0.25, 0.3) is 0 Å². The Kier molecular flexibility index (Phi) is 4.58. The average molecular weight is 144 g/mol. The van der Waals surface area contributed by atoms with Crippen molar-refractivity contribution in [2.24, 2.45) is 0 Å². The number of rotatable bonds is 3. The van der Waals surface area contributed by atoms with E-state index in [4.69, 9.17) is 5.11 Å². The molecule has 0 aromatic carbocycles. The normalized spacial score (nSPS) is 13.5. The first kappa shape index (κ1) is 9.17. The first-order valence-electron chi connectivity index (χ1n) is 3.15. The van der Waals surface area contributed by atoms with Gasteiger partial charge in [0.05, 0.1) is 13.2 Å². The molecule has 3 heteroatoms. The number of aliphatic hydroxyl groups is 1. The Morgan fingerprint density at radius 1 is 1.80 bits per heavy atom. The molecular weight excluding hydrogens is 132 g/mol. The second kappa shape index (κ2) is 4.99. The summed E-state index contributed by atoms with van der Waals surface area (Å²) < 4.78 is 4.31. The van der Waals surface area contributed by atoms with Gasteiger partial charge in [-0.05, 0) is 12.5 Å². The summed E-state index contributed by atoms with van der Waals surface area (Å²) in [6.45, 7) is 1.83. The molecule has 1 unspecified atom stereocenters. The average Bonchev–Trinajstić information content (AvgIpc) is 1.99. The third-order valence-corrected chi connectivity index (χ3v) is 1.07. The first-order valence-corrected chi connectivity index (χ1v) is 3.15. The monoisotopic (exact) mass is 144 g/mol. The number of esters is 1. The van der Waals surface area contributed by atoms with Crippen molar-refractivity contribution in [2.45, 2.75) is 19.4 Å². The number of ether oxygens (including phenoxy) is 1. The fourth-order valence-corrected chi connectivity index (χ4v) is 0.394. The zero-order chi connectivity index (χ0) is 7.98. The summed E-state index contributed by atoms with van der Waals surface area (Å²) in [6, 6.07) is 0. The summed E-state index contributed by atoms with van der Waals surface area (Å²) in [5.74, 6) is -0.438. The quantitative estimate of drug-likeness (QED) is 0.463. The highest BCUT2D eigenvalue weighted by molar-refractivity contribution is 5.81. The van der Waals surface area contributed by atoms with Crippen molar-refractivity contribution in [1.82, 2.24) is 0 Å². The predicted molar refractivity (Wildman–Crippen MR) is 37.5 cm³/mol. The van der Waals surface area contributed by atoms with E-state index in [-0.39, 0.29) is 0 Å². The van der Waals surface area contributed by atoms with Crippen LogP contribution in [0.15, 0.2) is 12.2 Å². The van der Waals surface area contributed by atoms with Gasteiger partial charge in [0.15, 0.2) is 0 Å². The number of hydrogen-bond acceptors (Lipinski definition) is 3. The molecule has 0 aliphatic heterocycles. The Labute approximate surface area is 60.3 Å². The molecule has 58 valence electrons. The second-order valence-corrected chi connectivity index (χ2v) is 1.86. The molecule has 0 heterocycles. The Morgan fingerprint density at radius 2 is 2.40 bits per heavy atom. The Balaban J connectivity index is 3.63. The van der Waals surface area contributed by atoms with Crippen LogP contribution in [0.5, 0.6) is 0 Å². The van der Waals surface area contributed by atoms with E-state index in [0.29, 0.717) is 6.42 Å². The van der Waals surface area contributed by atoms with E-state index in [1.165, 1.54) is 19.3 Å². The summed E-state index contributed by atoms with van der Waals surface area (Å²) in [6.07, 6.45) is 2.69. The highest BCUT2D eigenvalue weighted by atomic mass is 16.5. The van der Waals surface area contributed by atoms with Crippen molar-refractivity contribution < 1.29 is 14.6 Å². The van der Waals surface area contributed by atoms with E-state index in [9.17, 15) is 4.79 Å². The molecule has 0 amide bonds. The molecule has 0 aromatic rings. The van der Waals surface area contributed by atoms with Crippen molar-refractivity contribution in [2.75, 3.05) is 7.11 Å². The van der Waals surface area contributed by atoms with Crippen molar-refractivity contribution in [3.8, 4) is 0 Å². The van der Waals surface area contributed by atoms with Gasteiger partial charge in [-0.15, -0.1) is 0 Å². The molecule has 0 aromatic heterocycles.